The Morgan fingerprint density at radius 3 is 2.60 bits per heavy atom. The van der Waals surface area contributed by atoms with Crippen molar-refractivity contribution in [2.45, 2.75) is 33.8 Å². The molecular weight excluding hydrogens is 248 g/mol. The maximum absolute atomic E-state index is 9.28. The first kappa shape index (κ1) is 14.6. The molecule has 1 heterocycles. The lowest BCUT2D eigenvalue weighted by molar-refractivity contribution is 0.282. The Labute approximate surface area is 121 Å². The highest BCUT2D eigenvalue weighted by Gasteiger charge is 2.22. The van der Waals surface area contributed by atoms with Gasteiger partial charge in [0.25, 0.3) is 0 Å². The molecule has 106 valence electrons. The first-order valence-corrected chi connectivity index (χ1v) is 7.04. The molecule has 0 atom stereocenters. The van der Waals surface area contributed by atoms with Gasteiger partial charge in [0.2, 0.25) is 0 Å². The predicted octanol–water partition coefficient (Wildman–Crippen LogP) is 3.23. The minimum atomic E-state index is -0.0248. The Hall–Kier alpha value is -1.79. The van der Waals surface area contributed by atoms with Crippen LogP contribution in [0.25, 0.3) is 0 Å². The summed E-state index contributed by atoms with van der Waals surface area (Å²) in [6.45, 7) is 8.49. The minimum absolute atomic E-state index is 0.0248. The number of rotatable bonds is 2. The van der Waals surface area contributed by atoms with Crippen molar-refractivity contribution in [3.63, 3.8) is 0 Å². The number of hydrogen-bond acceptors (Lipinski definition) is 3. The monoisotopic (exact) mass is 270 g/mol. The van der Waals surface area contributed by atoms with Gasteiger partial charge in [-0.05, 0) is 29.5 Å². The van der Waals surface area contributed by atoms with Crippen LogP contribution in [0.4, 0.5) is 5.69 Å². The second-order valence-electron chi connectivity index (χ2n) is 6.30. The summed E-state index contributed by atoms with van der Waals surface area (Å²) in [6, 6.07) is 7.84. The van der Waals surface area contributed by atoms with Crippen LogP contribution < -0.4 is 4.90 Å². The molecule has 2 rings (SSSR count). The van der Waals surface area contributed by atoms with E-state index in [2.05, 4.69) is 37.8 Å². The maximum atomic E-state index is 9.28. The summed E-state index contributed by atoms with van der Waals surface area (Å²) >= 11 is 0. The number of nitriles is 1. The predicted molar refractivity (Wildman–Crippen MR) is 81.4 cm³/mol. The van der Waals surface area contributed by atoms with Gasteiger partial charge in [0.05, 0.1) is 17.9 Å². The fraction of sp³-hybridized carbons (Fsp3) is 0.471. The van der Waals surface area contributed by atoms with Crippen LogP contribution in [-0.4, -0.2) is 18.2 Å². The molecule has 0 saturated heterocycles. The Morgan fingerprint density at radius 2 is 2.10 bits per heavy atom. The molecule has 0 unspecified atom stereocenters. The van der Waals surface area contributed by atoms with Gasteiger partial charge < -0.3 is 10.0 Å². The number of anilines is 1. The van der Waals surface area contributed by atoms with Crippen LogP contribution in [0.15, 0.2) is 29.8 Å². The lowest BCUT2D eigenvalue weighted by Gasteiger charge is -2.33. The highest BCUT2D eigenvalue weighted by molar-refractivity contribution is 5.61. The van der Waals surface area contributed by atoms with Crippen molar-refractivity contribution >= 4 is 5.69 Å². The number of nitrogens with zero attached hydrogens (tertiary/aromatic N) is 2. The van der Waals surface area contributed by atoms with E-state index in [1.54, 1.807) is 6.07 Å². The van der Waals surface area contributed by atoms with E-state index in [1.165, 1.54) is 5.57 Å². The van der Waals surface area contributed by atoms with Crippen LogP contribution in [0, 0.1) is 16.7 Å². The Bertz CT molecular complexity index is 561. The largest absolute Gasteiger partial charge is 0.392 e. The summed E-state index contributed by atoms with van der Waals surface area (Å²) in [6.07, 6.45) is 3.32. The molecule has 0 bridgehead atoms. The number of aliphatic hydroxyl groups excluding tert-OH is 1. The quantitative estimate of drug-likeness (QED) is 0.839. The zero-order valence-electron chi connectivity index (χ0n) is 12.5. The average molecular weight is 270 g/mol. The van der Waals surface area contributed by atoms with Crippen LogP contribution >= 0.6 is 0 Å². The highest BCUT2D eigenvalue weighted by Crippen LogP contribution is 2.32. The van der Waals surface area contributed by atoms with Crippen LogP contribution in [0.3, 0.4) is 0 Å². The van der Waals surface area contributed by atoms with Crippen molar-refractivity contribution in [1.82, 2.24) is 0 Å². The van der Waals surface area contributed by atoms with Gasteiger partial charge in [0.1, 0.15) is 6.07 Å². The molecule has 0 amide bonds. The zero-order valence-corrected chi connectivity index (χ0v) is 12.5. The molecule has 1 aromatic rings. The van der Waals surface area contributed by atoms with Crippen molar-refractivity contribution in [3.8, 4) is 6.07 Å². The zero-order chi connectivity index (χ0) is 14.8. The standard InChI is InChI=1S/C17H22N2O/c1-17(2,3)15-6-8-19(9-7-15)16-5-4-13(12-20)10-14(16)11-18/h4-6,10,20H,7-9,12H2,1-3H3. The van der Waals surface area contributed by atoms with Crippen molar-refractivity contribution in [2.24, 2.45) is 5.41 Å². The van der Waals surface area contributed by atoms with E-state index in [0.717, 1.165) is 30.8 Å². The van der Waals surface area contributed by atoms with E-state index in [-0.39, 0.29) is 12.0 Å². The lowest BCUT2D eigenvalue weighted by atomic mass is 9.83. The van der Waals surface area contributed by atoms with Crippen molar-refractivity contribution in [3.05, 3.63) is 41.0 Å². The van der Waals surface area contributed by atoms with E-state index < -0.39 is 0 Å². The topological polar surface area (TPSA) is 47.3 Å². The maximum Gasteiger partial charge on any atom is 0.101 e. The second-order valence-corrected chi connectivity index (χ2v) is 6.30. The van der Waals surface area contributed by atoms with Crippen molar-refractivity contribution in [1.29, 1.82) is 5.26 Å². The summed E-state index contributed by atoms with van der Waals surface area (Å²) in [5.74, 6) is 0. The van der Waals surface area contributed by atoms with Gasteiger partial charge in [-0.1, -0.05) is 38.5 Å². The Balaban J connectivity index is 2.23. The molecule has 0 radical (unpaired) electrons. The SMILES string of the molecule is CC(C)(C)C1=CCN(c2ccc(CO)cc2C#N)CC1. The van der Waals surface area contributed by atoms with Gasteiger partial charge in [0.15, 0.2) is 0 Å². The Morgan fingerprint density at radius 1 is 1.35 bits per heavy atom. The average Bonchev–Trinajstić information content (AvgIpc) is 2.45. The molecule has 0 fully saturated rings. The molecule has 1 aliphatic rings. The van der Waals surface area contributed by atoms with Gasteiger partial charge in [0, 0.05) is 13.1 Å². The molecule has 1 N–H and O–H groups in total. The van der Waals surface area contributed by atoms with Crippen molar-refractivity contribution in [2.75, 3.05) is 18.0 Å². The summed E-state index contributed by atoms with van der Waals surface area (Å²) in [7, 11) is 0. The highest BCUT2D eigenvalue weighted by atomic mass is 16.3. The fourth-order valence-electron chi connectivity index (χ4n) is 2.62. The smallest absolute Gasteiger partial charge is 0.101 e. The summed E-state index contributed by atoms with van der Waals surface area (Å²) < 4.78 is 0. The van der Waals surface area contributed by atoms with E-state index in [0.29, 0.717) is 5.56 Å². The van der Waals surface area contributed by atoms with Gasteiger partial charge in [-0.2, -0.15) is 5.26 Å². The molecule has 3 nitrogen and oxygen atoms in total. The number of aliphatic hydroxyl groups is 1. The molecule has 1 aromatic carbocycles. The third-order valence-electron chi connectivity index (χ3n) is 3.88. The molecular formula is C17H22N2O. The number of hydrogen-bond donors (Lipinski definition) is 1. The van der Waals surface area contributed by atoms with E-state index in [1.807, 2.05) is 12.1 Å². The van der Waals surface area contributed by atoms with E-state index in [9.17, 15) is 5.26 Å². The van der Waals surface area contributed by atoms with Crippen LogP contribution in [0.5, 0.6) is 0 Å². The van der Waals surface area contributed by atoms with Crippen molar-refractivity contribution < 1.29 is 5.11 Å². The summed E-state index contributed by atoms with van der Waals surface area (Å²) in [5, 5.41) is 18.4. The van der Waals surface area contributed by atoms with Gasteiger partial charge in [-0.25, -0.2) is 0 Å². The Kier molecular flexibility index (Phi) is 4.15. The first-order chi connectivity index (χ1) is 9.45. The van der Waals surface area contributed by atoms with E-state index >= 15 is 0 Å². The molecule has 0 aliphatic carbocycles. The first-order valence-electron chi connectivity index (χ1n) is 7.04. The number of benzene rings is 1. The summed E-state index contributed by atoms with van der Waals surface area (Å²) in [4.78, 5) is 2.23. The minimum Gasteiger partial charge on any atom is -0.392 e. The molecule has 0 spiro atoms. The van der Waals surface area contributed by atoms with Crippen LogP contribution in [0.1, 0.15) is 38.3 Å². The molecule has 0 saturated carbocycles. The molecule has 1 aliphatic heterocycles. The molecule has 3 heteroatoms. The third-order valence-corrected chi connectivity index (χ3v) is 3.88. The fourth-order valence-corrected chi connectivity index (χ4v) is 2.62. The van der Waals surface area contributed by atoms with Crippen LogP contribution in [-0.2, 0) is 6.61 Å². The second kappa shape index (κ2) is 5.68. The van der Waals surface area contributed by atoms with Crippen LogP contribution in [0.2, 0.25) is 0 Å². The normalized spacial score (nSPS) is 15.8. The summed E-state index contributed by atoms with van der Waals surface area (Å²) in [5.41, 5.74) is 4.11. The van der Waals surface area contributed by atoms with Gasteiger partial charge in [-0.3, -0.25) is 0 Å². The van der Waals surface area contributed by atoms with Gasteiger partial charge in [-0.15, -0.1) is 0 Å². The lowest BCUT2D eigenvalue weighted by Crippen LogP contribution is -2.31. The van der Waals surface area contributed by atoms with Gasteiger partial charge >= 0.3 is 0 Å². The molecule has 20 heavy (non-hydrogen) atoms. The molecule has 0 aromatic heterocycles. The third kappa shape index (κ3) is 3.02. The van der Waals surface area contributed by atoms with E-state index in [4.69, 9.17) is 5.11 Å².